The molecule has 0 aromatic carbocycles. The Morgan fingerprint density at radius 2 is 1.14 bits per heavy atom. The zero-order valence-electron chi connectivity index (χ0n) is 7.94. The maximum atomic E-state index is 11.8. The van der Waals surface area contributed by atoms with E-state index in [9.17, 15) is 4.79 Å². The third kappa shape index (κ3) is 1.37. The second-order valence-electron chi connectivity index (χ2n) is 4.02. The minimum atomic E-state index is -1.18. The Bertz CT molecular complexity index is 195. The largest absolute Gasteiger partial charge is 0.395 e. The lowest BCUT2D eigenvalue weighted by Gasteiger charge is -2.27. The molecule has 0 amide bonds. The van der Waals surface area contributed by atoms with Crippen LogP contribution in [0.2, 0.25) is 0 Å². The van der Waals surface area contributed by atoms with Crippen molar-refractivity contribution in [3.8, 4) is 0 Å². The quantitative estimate of drug-likeness (QED) is 0.437. The van der Waals surface area contributed by atoms with E-state index in [2.05, 4.69) is 0 Å². The normalized spacial score (nSPS) is 24.1. The summed E-state index contributed by atoms with van der Waals surface area (Å²) in [7, 11) is 0. The summed E-state index contributed by atoms with van der Waals surface area (Å²) < 4.78 is 0. The molecule has 1 aliphatic carbocycles. The van der Waals surface area contributed by atoms with Crippen molar-refractivity contribution in [3.63, 3.8) is 0 Å². The van der Waals surface area contributed by atoms with Gasteiger partial charge in [-0.25, -0.2) is 0 Å². The lowest BCUT2D eigenvalue weighted by molar-refractivity contribution is -0.142. The summed E-state index contributed by atoms with van der Waals surface area (Å²) in [5, 5.41) is 36.3. The van der Waals surface area contributed by atoms with Gasteiger partial charge in [0.05, 0.1) is 37.3 Å². The second-order valence-corrected chi connectivity index (χ2v) is 4.02. The molecule has 4 N–H and O–H groups in total. The second kappa shape index (κ2) is 3.94. The van der Waals surface area contributed by atoms with E-state index < -0.39 is 43.0 Å². The van der Waals surface area contributed by atoms with Crippen molar-refractivity contribution in [2.24, 2.45) is 10.8 Å². The fraction of sp³-hybridized carbons (Fsp3) is 0.889. The van der Waals surface area contributed by atoms with E-state index in [0.717, 1.165) is 0 Å². The first-order valence-electron chi connectivity index (χ1n) is 4.59. The van der Waals surface area contributed by atoms with E-state index in [1.54, 1.807) is 0 Å². The Kier molecular flexibility index (Phi) is 3.26. The Balaban J connectivity index is 2.96. The Labute approximate surface area is 82.0 Å². The Morgan fingerprint density at radius 1 is 0.857 bits per heavy atom. The van der Waals surface area contributed by atoms with Crippen molar-refractivity contribution in [2.45, 2.75) is 12.8 Å². The number of rotatable bonds is 4. The number of carbonyl (C=O) groups excluding carboxylic acids is 1. The minimum absolute atomic E-state index is 0.306. The highest BCUT2D eigenvalue weighted by atomic mass is 16.3. The van der Waals surface area contributed by atoms with E-state index in [1.165, 1.54) is 0 Å². The van der Waals surface area contributed by atoms with Gasteiger partial charge >= 0.3 is 0 Å². The number of aliphatic hydroxyl groups is 4. The molecule has 0 heterocycles. The van der Waals surface area contributed by atoms with Gasteiger partial charge in [-0.15, -0.1) is 0 Å². The molecule has 0 aromatic rings. The van der Waals surface area contributed by atoms with Gasteiger partial charge in [0, 0.05) is 0 Å². The van der Waals surface area contributed by atoms with E-state index in [1.807, 2.05) is 0 Å². The van der Waals surface area contributed by atoms with Gasteiger partial charge in [-0.1, -0.05) is 0 Å². The summed E-state index contributed by atoms with van der Waals surface area (Å²) in [6.07, 6.45) is 0.611. The predicted molar refractivity (Wildman–Crippen MR) is 47.5 cm³/mol. The van der Waals surface area contributed by atoms with Crippen LogP contribution in [-0.2, 0) is 4.79 Å². The molecule has 0 atom stereocenters. The van der Waals surface area contributed by atoms with Gasteiger partial charge in [-0.3, -0.25) is 4.79 Å². The summed E-state index contributed by atoms with van der Waals surface area (Å²) >= 11 is 0. The highest BCUT2D eigenvalue weighted by Gasteiger charge is 2.55. The third-order valence-electron chi connectivity index (χ3n) is 3.26. The van der Waals surface area contributed by atoms with Gasteiger partial charge in [-0.05, 0) is 12.8 Å². The first-order valence-corrected chi connectivity index (χ1v) is 4.59. The molecule has 0 bridgehead atoms. The molecule has 0 radical (unpaired) electrons. The van der Waals surface area contributed by atoms with Crippen molar-refractivity contribution in [1.29, 1.82) is 0 Å². The highest BCUT2D eigenvalue weighted by molar-refractivity contribution is 5.93. The topological polar surface area (TPSA) is 98.0 Å². The molecule has 14 heavy (non-hydrogen) atoms. The van der Waals surface area contributed by atoms with Crippen LogP contribution in [0.15, 0.2) is 0 Å². The van der Waals surface area contributed by atoms with Gasteiger partial charge in [0.1, 0.15) is 0 Å². The molecule has 1 rings (SSSR count). The summed E-state index contributed by atoms with van der Waals surface area (Å²) in [5.41, 5.74) is -2.35. The Hall–Kier alpha value is -0.490. The van der Waals surface area contributed by atoms with Crippen LogP contribution in [0, 0.1) is 10.8 Å². The summed E-state index contributed by atoms with van der Waals surface area (Å²) in [4.78, 5) is 11.8. The fourth-order valence-electron chi connectivity index (χ4n) is 1.97. The molecule has 0 aromatic heterocycles. The average molecular weight is 204 g/mol. The molecule has 0 aliphatic heterocycles. The van der Waals surface area contributed by atoms with E-state index in [0.29, 0.717) is 12.8 Å². The standard InChI is InChI=1S/C9H16O5/c10-3-8(4-11)1-2-9(5-12,6-13)7(8)14/h10-13H,1-6H2. The summed E-state index contributed by atoms with van der Waals surface area (Å²) in [6, 6.07) is 0. The van der Waals surface area contributed by atoms with Crippen LogP contribution < -0.4 is 0 Å². The lowest BCUT2D eigenvalue weighted by atomic mass is 9.79. The smallest absolute Gasteiger partial charge is 0.154 e. The van der Waals surface area contributed by atoms with Crippen molar-refractivity contribution in [1.82, 2.24) is 0 Å². The molecule has 1 saturated carbocycles. The molecule has 5 heteroatoms. The summed E-state index contributed by atoms with van der Waals surface area (Å²) in [6.45, 7) is -1.76. The Morgan fingerprint density at radius 3 is 1.29 bits per heavy atom. The summed E-state index contributed by atoms with van der Waals surface area (Å²) in [5.74, 6) is -0.431. The number of hydrogen-bond acceptors (Lipinski definition) is 5. The van der Waals surface area contributed by atoms with Crippen molar-refractivity contribution in [2.75, 3.05) is 26.4 Å². The van der Waals surface area contributed by atoms with Crippen LogP contribution in [0.3, 0.4) is 0 Å². The maximum absolute atomic E-state index is 11.8. The zero-order chi connectivity index (χ0) is 10.8. The zero-order valence-corrected chi connectivity index (χ0v) is 7.94. The van der Waals surface area contributed by atoms with Crippen molar-refractivity contribution >= 4 is 5.78 Å². The first kappa shape index (κ1) is 11.6. The van der Waals surface area contributed by atoms with E-state index in [-0.39, 0.29) is 0 Å². The van der Waals surface area contributed by atoms with Gasteiger partial charge in [0.2, 0.25) is 0 Å². The monoisotopic (exact) mass is 204 g/mol. The molecule has 82 valence electrons. The van der Waals surface area contributed by atoms with Crippen molar-refractivity contribution in [3.05, 3.63) is 0 Å². The molecule has 0 unspecified atom stereocenters. The minimum Gasteiger partial charge on any atom is -0.395 e. The molecular weight excluding hydrogens is 188 g/mol. The molecule has 5 nitrogen and oxygen atoms in total. The first-order chi connectivity index (χ1) is 6.60. The molecular formula is C9H16O5. The maximum Gasteiger partial charge on any atom is 0.154 e. The molecule has 0 saturated heterocycles. The van der Waals surface area contributed by atoms with Gasteiger partial charge < -0.3 is 20.4 Å². The molecule has 1 aliphatic rings. The van der Waals surface area contributed by atoms with Gasteiger partial charge in [-0.2, -0.15) is 0 Å². The number of ketones is 1. The number of carbonyl (C=O) groups is 1. The van der Waals surface area contributed by atoms with E-state index in [4.69, 9.17) is 20.4 Å². The van der Waals surface area contributed by atoms with Crippen LogP contribution in [0.25, 0.3) is 0 Å². The predicted octanol–water partition coefficient (Wildman–Crippen LogP) is -1.71. The van der Waals surface area contributed by atoms with Gasteiger partial charge in [0.25, 0.3) is 0 Å². The van der Waals surface area contributed by atoms with Crippen molar-refractivity contribution < 1.29 is 25.2 Å². The average Bonchev–Trinajstić information content (AvgIpc) is 2.53. The van der Waals surface area contributed by atoms with E-state index >= 15 is 0 Å². The van der Waals surface area contributed by atoms with Crippen LogP contribution in [0.4, 0.5) is 0 Å². The SMILES string of the molecule is O=C1C(CO)(CO)CCC1(CO)CO. The highest BCUT2D eigenvalue weighted by Crippen LogP contribution is 2.45. The van der Waals surface area contributed by atoms with Crippen LogP contribution >= 0.6 is 0 Å². The third-order valence-corrected chi connectivity index (χ3v) is 3.26. The molecule has 1 fully saturated rings. The van der Waals surface area contributed by atoms with Crippen LogP contribution in [-0.4, -0.2) is 52.6 Å². The van der Waals surface area contributed by atoms with Crippen LogP contribution in [0.1, 0.15) is 12.8 Å². The number of hydrogen-bond donors (Lipinski definition) is 4. The van der Waals surface area contributed by atoms with Gasteiger partial charge in [0.15, 0.2) is 5.78 Å². The van der Waals surface area contributed by atoms with Crippen LogP contribution in [0.5, 0.6) is 0 Å². The fourth-order valence-corrected chi connectivity index (χ4v) is 1.97. The molecule has 0 spiro atoms. The number of aliphatic hydroxyl groups excluding tert-OH is 4. The number of Topliss-reactive ketones (excluding diaryl/α,β-unsaturated/α-hetero) is 1. The lowest BCUT2D eigenvalue weighted by Crippen LogP contribution is -2.44.